The first-order valence-electron chi connectivity index (χ1n) is 5.87. The number of nitrogens with one attached hydrogen (secondary N) is 1. The average molecular weight is 257 g/mol. The summed E-state index contributed by atoms with van der Waals surface area (Å²) in [5.41, 5.74) is 0.880. The number of hydrogen-bond acceptors (Lipinski definition) is 4. The standard InChI is InChI=1S/C13H20FNO3/c1-16-7-8-18-6-5-15-10-11-3-4-13(17-2)12(14)9-11/h3-4,9,15H,5-8,10H2,1-2H3. The lowest BCUT2D eigenvalue weighted by Gasteiger charge is -2.07. The minimum atomic E-state index is -0.340. The van der Waals surface area contributed by atoms with Gasteiger partial charge in [-0.15, -0.1) is 0 Å². The molecule has 1 aromatic rings. The molecule has 4 nitrogen and oxygen atoms in total. The molecule has 1 rings (SSSR count). The largest absolute Gasteiger partial charge is 0.494 e. The first-order chi connectivity index (χ1) is 8.77. The van der Waals surface area contributed by atoms with Gasteiger partial charge < -0.3 is 19.5 Å². The number of ether oxygens (including phenoxy) is 3. The van der Waals surface area contributed by atoms with E-state index in [1.807, 2.05) is 6.07 Å². The van der Waals surface area contributed by atoms with Crippen molar-refractivity contribution in [2.24, 2.45) is 0 Å². The second-order valence-electron chi connectivity index (χ2n) is 3.75. The van der Waals surface area contributed by atoms with Crippen LogP contribution in [-0.4, -0.2) is 40.6 Å². The van der Waals surface area contributed by atoms with E-state index in [4.69, 9.17) is 14.2 Å². The topological polar surface area (TPSA) is 39.7 Å². The second kappa shape index (κ2) is 8.85. The molecule has 0 saturated carbocycles. The Morgan fingerprint density at radius 3 is 2.67 bits per heavy atom. The molecule has 0 unspecified atom stereocenters. The van der Waals surface area contributed by atoms with Gasteiger partial charge in [0.15, 0.2) is 11.6 Å². The SMILES string of the molecule is COCCOCCNCc1ccc(OC)c(F)c1. The smallest absolute Gasteiger partial charge is 0.165 e. The zero-order chi connectivity index (χ0) is 13.2. The third-order valence-corrected chi connectivity index (χ3v) is 2.40. The number of halogens is 1. The number of hydrogen-bond donors (Lipinski definition) is 1. The fourth-order valence-electron chi connectivity index (χ4n) is 1.44. The van der Waals surface area contributed by atoms with Gasteiger partial charge in [0.1, 0.15) is 0 Å². The highest BCUT2D eigenvalue weighted by molar-refractivity contribution is 5.29. The van der Waals surface area contributed by atoms with E-state index in [-0.39, 0.29) is 11.6 Å². The maximum absolute atomic E-state index is 13.4. The fourth-order valence-corrected chi connectivity index (χ4v) is 1.44. The Labute approximate surface area is 107 Å². The van der Waals surface area contributed by atoms with E-state index >= 15 is 0 Å². The average Bonchev–Trinajstić information content (AvgIpc) is 2.38. The number of rotatable bonds is 9. The van der Waals surface area contributed by atoms with Crippen molar-refractivity contribution in [3.8, 4) is 5.75 Å². The molecule has 0 aliphatic carbocycles. The third-order valence-electron chi connectivity index (χ3n) is 2.40. The van der Waals surface area contributed by atoms with Crippen LogP contribution in [0.2, 0.25) is 0 Å². The maximum atomic E-state index is 13.4. The van der Waals surface area contributed by atoms with Gasteiger partial charge in [-0.2, -0.15) is 0 Å². The summed E-state index contributed by atoms with van der Waals surface area (Å²) in [5, 5.41) is 3.17. The van der Waals surface area contributed by atoms with Crippen molar-refractivity contribution in [2.45, 2.75) is 6.54 Å². The maximum Gasteiger partial charge on any atom is 0.165 e. The quantitative estimate of drug-likeness (QED) is 0.682. The summed E-state index contributed by atoms with van der Waals surface area (Å²) in [6.07, 6.45) is 0. The van der Waals surface area contributed by atoms with Crippen LogP contribution in [0.15, 0.2) is 18.2 Å². The highest BCUT2D eigenvalue weighted by Gasteiger charge is 2.02. The second-order valence-corrected chi connectivity index (χ2v) is 3.75. The molecule has 1 N–H and O–H groups in total. The molecule has 5 heteroatoms. The highest BCUT2D eigenvalue weighted by atomic mass is 19.1. The van der Waals surface area contributed by atoms with Crippen LogP contribution in [0.5, 0.6) is 5.75 Å². The number of benzene rings is 1. The lowest BCUT2D eigenvalue weighted by atomic mass is 10.2. The van der Waals surface area contributed by atoms with Gasteiger partial charge >= 0.3 is 0 Å². The summed E-state index contributed by atoms with van der Waals surface area (Å²) >= 11 is 0. The van der Waals surface area contributed by atoms with Crippen LogP contribution < -0.4 is 10.1 Å². The minimum Gasteiger partial charge on any atom is -0.494 e. The molecule has 0 heterocycles. The molecular weight excluding hydrogens is 237 g/mol. The van der Waals surface area contributed by atoms with Crippen LogP contribution in [0.4, 0.5) is 4.39 Å². The third kappa shape index (κ3) is 5.44. The summed E-state index contributed by atoms with van der Waals surface area (Å²) in [7, 11) is 3.09. The lowest BCUT2D eigenvalue weighted by molar-refractivity contribution is 0.0719. The van der Waals surface area contributed by atoms with E-state index in [2.05, 4.69) is 5.32 Å². The van der Waals surface area contributed by atoms with Crippen molar-refractivity contribution in [1.29, 1.82) is 0 Å². The molecule has 0 aliphatic rings. The van der Waals surface area contributed by atoms with Gasteiger partial charge in [0.05, 0.1) is 26.9 Å². The van der Waals surface area contributed by atoms with Crippen molar-refractivity contribution in [3.05, 3.63) is 29.6 Å². The van der Waals surface area contributed by atoms with Crippen molar-refractivity contribution in [3.63, 3.8) is 0 Å². The molecule has 18 heavy (non-hydrogen) atoms. The lowest BCUT2D eigenvalue weighted by Crippen LogP contribution is -2.20. The number of methoxy groups -OCH3 is 2. The zero-order valence-corrected chi connectivity index (χ0v) is 10.9. The van der Waals surface area contributed by atoms with Gasteiger partial charge in [0.2, 0.25) is 0 Å². The van der Waals surface area contributed by atoms with E-state index in [0.29, 0.717) is 26.4 Å². The van der Waals surface area contributed by atoms with Gasteiger partial charge in [0.25, 0.3) is 0 Å². The van der Waals surface area contributed by atoms with Crippen LogP contribution in [0.3, 0.4) is 0 Å². The summed E-state index contributed by atoms with van der Waals surface area (Å²) < 4.78 is 28.4. The van der Waals surface area contributed by atoms with Crippen LogP contribution >= 0.6 is 0 Å². The Bertz CT molecular complexity index is 347. The Morgan fingerprint density at radius 1 is 1.17 bits per heavy atom. The van der Waals surface area contributed by atoms with Crippen molar-refractivity contribution >= 4 is 0 Å². The predicted octanol–water partition coefficient (Wildman–Crippen LogP) is 1.59. The molecule has 0 saturated heterocycles. The molecule has 0 aromatic heterocycles. The van der Waals surface area contributed by atoms with E-state index in [1.54, 1.807) is 13.2 Å². The van der Waals surface area contributed by atoms with Crippen molar-refractivity contribution < 1.29 is 18.6 Å². The summed E-state index contributed by atoms with van der Waals surface area (Å²) in [5.74, 6) is -0.0743. The van der Waals surface area contributed by atoms with Crippen LogP contribution in [0.25, 0.3) is 0 Å². The highest BCUT2D eigenvalue weighted by Crippen LogP contribution is 2.17. The van der Waals surface area contributed by atoms with Gasteiger partial charge in [-0.05, 0) is 17.7 Å². The van der Waals surface area contributed by atoms with Gasteiger partial charge in [0, 0.05) is 20.2 Å². The van der Waals surface area contributed by atoms with Crippen molar-refractivity contribution in [1.82, 2.24) is 5.32 Å². The van der Waals surface area contributed by atoms with E-state index < -0.39 is 0 Å². The Morgan fingerprint density at radius 2 is 2.00 bits per heavy atom. The molecule has 0 aliphatic heterocycles. The monoisotopic (exact) mass is 257 g/mol. The fraction of sp³-hybridized carbons (Fsp3) is 0.538. The van der Waals surface area contributed by atoms with Gasteiger partial charge in [-0.3, -0.25) is 0 Å². The van der Waals surface area contributed by atoms with E-state index in [1.165, 1.54) is 13.2 Å². The molecule has 0 fully saturated rings. The molecule has 0 atom stereocenters. The zero-order valence-electron chi connectivity index (χ0n) is 10.9. The van der Waals surface area contributed by atoms with Crippen LogP contribution in [-0.2, 0) is 16.0 Å². The predicted molar refractivity (Wildman–Crippen MR) is 67.4 cm³/mol. The summed E-state index contributed by atoms with van der Waals surface area (Å²) in [4.78, 5) is 0. The molecule has 0 spiro atoms. The summed E-state index contributed by atoms with van der Waals surface area (Å²) in [6.45, 7) is 3.13. The first-order valence-corrected chi connectivity index (χ1v) is 5.87. The Hall–Kier alpha value is -1.17. The van der Waals surface area contributed by atoms with Crippen LogP contribution in [0.1, 0.15) is 5.56 Å². The van der Waals surface area contributed by atoms with Gasteiger partial charge in [-0.1, -0.05) is 6.07 Å². The molecule has 0 radical (unpaired) electrons. The van der Waals surface area contributed by atoms with Crippen LogP contribution in [0, 0.1) is 5.82 Å². The molecule has 0 bridgehead atoms. The molecule has 1 aromatic carbocycles. The normalized spacial score (nSPS) is 10.6. The first kappa shape index (κ1) is 14.9. The molecule has 0 amide bonds. The van der Waals surface area contributed by atoms with E-state index in [0.717, 1.165) is 12.1 Å². The summed E-state index contributed by atoms with van der Waals surface area (Å²) in [6, 6.07) is 4.93. The minimum absolute atomic E-state index is 0.265. The Kier molecular flexibility index (Phi) is 7.32. The van der Waals surface area contributed by atoms with Crippen molar-refractivity contribution in [2.75, 3.05) is 40.6 Å². The molecule has 102 valence electrons. The van der Waals surface area contributed by atoms with Gasteiger partial charge in [-0.25, -0.2) is 4.39 Å². The molecular formula is C13H20FNO3. The van der Waals surface area contributed by atoms with E-state index in [9.17, 15) is 4.39 Å². The Balaban J connectivity index is 2.17.